The van der Waals surface area contributed by atoms with Crippen molar-refractivity contribution in [2.75, 3.05) is 60.1 Å². The van der Waals surface area contributed by atoms with Gasteiger partial charge in [-0.25, -0.2) is 26.4 Å². The zero-order chi connectivity index (χ0) is 33.8. The molecule has 0 unspecified atom stereocenters. The van der Waals surface area contributed by atoms with Gasteiger partial charge in [-0.3, -0.25) is 0 Å². The van der Waals surface area contributed by atoms with Crippen LogP contribution in [0.15, 0.2) is 36.4 Å². The summed E-state index contributed by atoms with van der Waals surface area (Å²) < 4.78 is 73.3. The molecule has 0 amide bonds. The van der Waals surface area contributed by atoms with Crippen LogP contribution in [0.2, 0.25) is 0 Å². The van der Waals surface area contributed by atoms with Crippen LogP contribution in [0.5, 0.6) is 23.0 Å². The van der Waals surface area contributed by atoms with Crippen LogP contribution in [-0.4, -0.2) is 104 Å². The van der Waals surface area contributed by atoms with E-state index in [9.17, 15) is 16.8 Å². The third-order valence-corrected chi connectivity index (χ3v) is 13.7. The Hall–Kier alpha value is -3.56. The van der Waals surface area contributed by atoms with E-state index in [2.05, 4.69) is 4.90 Å². The molecule has 1 aliphatic heterocycles. The average molecular weight is 674 g/mol. The van der Waals surface area contributed by atoms with E-state index in [0.29, 0.717) is 35.8 Å². The Morgan fingerprint density at radius 3 is 1.76 bits per heavy atom. The molecule has 1 heterocycles. The zero-order valence-electron chi connectivity index (χ0n) is 26.3. The fourth-order valence-corrected chi connectivity index (χ4v) is 11.1. The lowest BCUT2D eigenvalue weighted by molar-refractivity contribution is -0.159. The van der Waals surface area contributed by atoms with Gasteiger partial charge in [-0.05, 0) is 74.7 Å². The molecule has 0 atom stereocenters. The Labute approximate surface area is 264 Å². The maximum atomic E-state index is 13.5. The molecule has 45 heavy (non-hydrogen) atoms. The standard InChI is InChI=1S/C28H41NO8S2.C2H2O4/c1-29(17-14-22-10-12-24(34-2)26(20-22)36-4)16-8-6-7-15-28(38(30,31)18-9-19-39(28,32)33)23-11-13-25(35-3)27(21-23)37-5;3-1(4)2(5)6/h10-13,20-21H,6-9,14-19H2,1-5H3;(H,3,4)(H,5,6). The molecule has 0 radical (unpaired) electrons. The number of benzene rings is 2. The number of rotatable bonds is 14. The first kappa shape index (κ1) is 37.6. The van der Waals surface area contributed by atoms with Crippen LogP contribution < -0.4 is 18.9 Å². The molecule has 0 aliphatic carbocycles. The molecule has 1 saturated heterocycles. The fraction of sp³-hybridized carbons (Fsp3) is 0.533. The van der Waals surface area contributed by atoms with Crippen molar-refractivity contribution >= 4 is 31.6 Å². The summed E-state index contributed by atoms with van der Waals surface area (Å²) in [6, 6.07) is 10.5. The Morgan fingerprint density at radius 2 is 1.24 bits per heavy atom. The van der Waals surface area contributed by atoms with Gasteiger partial charge < -0.3 is 34.1 Å². The van der Waals surface area contributed by atoms with Crippen LogP contribution in [0.1, 0.15) is 43.2 Å². The predicted molar refractivity (Wildman–Crippen MR) is 168 cm³/mol. The van der Waals surface area contributed by atoms with Crippen LogP contribution in [0.4, 0.5) is 0 Å². The first-order chi connectivity index (χ1) is 21.2. The van der Waals surface area contributed by atoms with Gasteiger partial charge in [-0.1, -0.05) is 25.0 Å². The lowest BCUT2D eigenvalue weighted by Gasteiger charge is -2.37. The predicted octanol–water partition coefficient (Wildman–Crippen LogP) is 3.00. The van der Waals surface area contributed by atoms with Gasteiger partial charge in [-0.15, -0.1) is 0 Å². The van der Waals surface area contributed by atoms with Crippen molar-refractivity contribution in [2.45, 2.75) is 42.6 Å². The van der Waals surface area contributed by atoms with E-state index in [1.165, 1.54) is 20.3 Å². The van der Waals surface area contributed by atoms with Gasteiger partial charge >= 0.3 is 11.9 Å². The first-order valence-corrected chi connectivity index (χ1v) is 17.5. The van der Waals surface area contributed by atoms with Crippen LogP contribution >= 0.6 is 0 Å². The van der Waals surface area contributed by atoms with Gasteiger partial charge in [0.1, 0.15) is 0 Å². The fourth-order valence-electron chi connectivity index (χ4n) is 5.23. The van der Waals surface area contributed by atoms with E-state index in [1.807, 2.05) is 25.2 Å². The number of carboxylic acid groups (broad SMARTS) is 2. The summed E-state index contributed by atoms with van der Waals surface area (Å²) in [5, 5.41) is 14.8. The number of unbranched alkanes of at least 4 members (excludes halogenated alkanes) is 2. The summed E-state index contributed by atoms with van der Waals surface area (Å²) in [5.41, 5.74) is 1.37. The van der Waals surface area contributed by atoms with Crippen molar-refractivity contribution in [3.63, 3.8) is 0 Å². The van der Waals surface area contributed by atoms with Gasteiger partial charge in [0, 0.05) is 6.54 Å². The Morgan fingerprint density at radius 1 is 0.733 bits per heavy atom. The number of likely N-dealkylation sites (N-methyl/N-ethyl adjacent to an activating group) is 1. The van der Waals surface area contributed by atoms with Gasteiger partial charge in [-0.2, -0.15) is 0 Å². The summed E-state index contributed by atoms with van der Waals surface area (Å²) >= 11 is 0. The van der Waals surface area contributed by atoms with Crippen LogP contribution in [0, 0.1) is 0 Å². The van der Waals surface area contributed by atoms with E-state index >= 15 is 0 Å². The molecule has 13 nitrogen and oxygen atoms in total. The zero-order valence-corrected chi connectivity index (χ0v) is 27.9. The van der Waals surface area contributed by atoms with E-state index in [-0.39, 0.29) is 29.9 Å². The van der Waals surface area contributed by atoms with E-state index < -0.39 is 35.7 Å². The average Bonchev–Trinajstić information content (AvgIpc) is 3.00. The van der Waals surface area contributed by atoms with Crippen molar-refractivity contribution in [2.24, 2.45) is 0 Å². The highest BCUT2D eigenvalue weighted by atomic mass is 32.3. The summed E-state index contributed by atoms with van der Waals surface area (Å²) in [6.07, 6.45) is 2.98. The highest BCUT2D eigenvalue weighted by Gasteiger charge is 2.57. The highest BCUT2D eigenvalue weighted by molar-refractivity contribution is 8.10. The smallest absolute Gasteiger partial charge is 0.414 e. The van der Waals surface area contributed by atoms with E-state index in [1.54, 1.807) is 26.4 Å². The lowest BCUT2D eigenvalue weighted by atomic mass is 10.0. The van der Waals surface area contributed by atoms with Crippen molar-refractivity contribution in [3.05, 3.63) is 47.5 Å². The second kappa shape index (κ2) is 16.7. The van der Waals surface area contributed by atoms with Crippen LogP contribution in [0.3, 0.4) is 0 Å². The molecule has 3 rings (SSSR count). The topological polar surface area (TPSA) is 183 Å². The van der Waals surface area contributed by atoms with Crippen molar-refractivity contribution in [3.8, 4) is 23.0 Å². The lowest BCUT2D eigenvalue weighted by Crippen LogP contribution is -2.49. The number of ether oxygens (including phenoxy) is 4. The molecule has 1 aliphatic rings. The molecule has 0 aromatic heterocycles. The number of sulfone groups is 2. The molecule has 2 N–H and O–H groups in total. The summed E-state index contributed by atoms with van der Waals surface area (Å²) in [5.74, 6) is -1.83. The second-order valence-corrected chi connectivity index (χ2v) is 15.4. The third kappa shape index (κ3) is 9.23. The molecular weight excluding hydrogens is 630 g/mol. The largest absolute Gasteiger partial charge is 0.493 e. The molecule has 2 aromatic rings. The van der Waals surface area contributed by atoms with Gasteiger partial charge in [0.05, 0.1) is 39.9 Å². The Balaban J connectivity index is 0.00000107. The normalized spacial score (nSPS) is 16.1. The van der Waals surface area contributed by atoms with E-state index in [0.717, 1.165) is 31.5 Å². The van der Waals surface area contributed by atoms with Crippen molar-refractivity contribution < 1.29 is 55.6 Å². The monoisotopic (exact) mass is 673 g/mol. The number of methoxy groups -OCH3 is 4. The molecule has 15 heteroatoms. The summed E-state index contributed by atoms with van der Waals surface area (Å²) in [6.45, 7) is 1.66. The van der Waals surface area contributed by atoms with Gasteiger partial charge in [0.2, 0.25) is 0 Å². The van der Waals surface area contributed by atoms with Gasteiger partial charge in [0.25, 0.3) is 0 Å². The number of carboxylic acids is 2. The molecule has 0 spiro atoms. The highest BCUT2D eigenvalue weighted by Crippen LogP contribution is 2.47. The van der Waals surface area contributed by atoms with Crippen molar-refractivity contribution in [1.29, 1.82) is 0 Å². The minimum atomic E-state index is -3.96. The summed E-state index contributed by atoms with van der Waals surface area (Å²) in [7, 11) is 0.279. The SMILES string of the molecule is COc1ccc(CCN(C)CCCCCC2(c3ccc(OC)c(OC)c3)S(=O)(=O)CCCS2(=O)=O)cc1OC.O=C(O)C(=O)O. The molecule has 0 bridgehead atoms. The van der Waals surface area contributed by atoms with Crippen molar-refractivity contribution in [1.82, 2.24) is 4.90 Å². The van der Waals surface area contributed by atoms with Crippen LogP contribution in [0.25, 0.3) is 0 Å². The molecule has 2 aromatic carbocycles. The Kier molecular flexibility index (Phi) is 13.9. The molecule has 0 saturated carbocycles. The number of aliphatic carboxylic acids is 2. The maximum Gasteiger partial charge on any atom is 0.414 e. The Bertz CT molecular complexity index is 1480. The molecule has 1 fully saturated rings. The third-order valence-electron chi connectivity index (χ3n) is 7.61. The number of carbonyl (C=O) groups is 2. The van der Waals surface area contributed by atoms with E-state index in [4.69, 9.17) is 38.7 Å². The molecular formula is C30H43NO12S2. The van der Waals surface area contributed by atoms with Gasteiger partial charge in [0.15, 0.2) is 46.8 Å². The minimum Gasteiger partial charge on any atom is -0.493 e. The number of nitrogens with zero attached hydrogens (tertiary/aromatic N) is 1. The quantitative estimate of drug-likeness (QED) is 0.221. The maximum absolute atomic E-state index is 13.5. The minimum absolute atomic E-state index is 0.0164. The first-order valence-electron chi connectivity index (χ1n) is 14.2. The van der Waals surface area contributed by atoms with Crippen LogP contribution in [-0.2, 0) is 39.8 Å². The number of hydrogen-bond donors (Lipinski definition) is 2. The summed E-state index contributed by atoms with van der Waals surface area (Å²) in [4.78, 5) is 20.4. The molecule has 252 valence electrons. The number of hydrogen-bond acceptors (Lipinski definition) is 11. The second-order valence-electron chi connectivity index (χ2n) is 10.5.